The van der Waals surface area contributed by atoms with E-state index in [0.717, 1.165) is 15.7 Å². The number of hydrogen-bond acceptors (Lipinski definition) is 4. The van der Waals surface area contributed by atoms with E-state index in [0.29, 0.717) is 22.5 Å². The molecule has 0 radical (unpaired) electrons. The van der Waals surface area contributed by atoms with Crippen LogP contribution in [-0.2, 0) is 18.4 Å². The number of aromatic nitrogens is 4. The summed E-state index contributed by atoms with van der Waals surface area (Å²) in [6.45, 7) is 1.62. The van der Waals surface area contributed by atoms with Crippen LogP contribution in [0.4, 0.5) is 19.0 Å². The second-order valence-electron chi connectivity index (χ2n) is 7.65. The maximum Gasteiger partial charge on any atom is 0.405 e. The molecule has 0 aliphatic rings. The fourth-order valence-electron chi connectivity index (χ4n) is 3.71. The number of fused-ring (bicyclic) bond motifs is 1. The molecular formula is C24H21F3N6O2. The smallest absolute Gasteiger partial charge is 0.345 e. The molecule has 2 aromatic heterocycles. The number of halogens is 3. The predicted octanol–water partition coefficient (Wildman–Crippen LogP) is 3.76. The first-order chi connectivity index (χ1) is 16.7. The van der Waals surface area contributed by atoms with Crippen LogP contribution in [0.15, 0.2) is 77.2 Å². The van der Waals surface area contributed by atoms with Crippen LogP contribution in [0, 0.1) is 0 Å². The fraction of sp³-hybridized carbons (Fsp3) is 0.167. The summed E-state index contributed by atoms with van der Waals surface area (Å²) in [5, 5.41) is 6.05. The van der Waals surface area contributed by atoms with Gasteiger partial charge >= 0.3 is 11.9 Å². The summed E-state index contributed by atoms with van der Waals surface area (Å²) < 4.78 is 41.5. The molecule has 0 spiro atoms. The second kappa shape index (κ2) is 9.45. The van der Waals surface area contributed by atoms with E-state index in [-0.39, 0.29) is 0 Å². The number of alkyl halides is 3. The highest BCUT2D eigenvalue weighted by Crippen LogP contribution is 2.30. The molecule has 0 aliphatic heterocycles. The molecule has 0 bridgehead atoms. The highest BCUT2D eigenvalue weighted by atomic mass is 19.4. The minimum Gasteiger partial charge on any atom is -0.345 e. The summed E-state index contributed by atoms with van der Waals surface area (Å²) in [5.74, 6) is -0.275. The zero-order valence-electron chi connectivity index (χ0n) is 18.7. The molecule has 1 amide bonds. The first-order valence-corrected chi connectivity index (χ1v) is 10.5. The largest absolute Gasteiger partial charge is 0.405 e. The van der Waals surface area contributed by atoms with E-state index >= 15 is 0 Å². The number of aliphatic imine (C=N–C) groups is 1. The van der Waals surface area contributed by atoms with E-state index in [9.17, 15) is 22.8 Å². The molecule has 0 unspecified atom stereocenters. The molecule has 0 fully saturated rings. The van der Waals surface area contributed by atoms with Crippen molar-refractivity contribution in [3.8, 4) is 16.8 Å². The van der Waals surface area contributed by atoms with Gasteiger partial charge in [0.2, 0.25) is 5.91 Å². The number of aryl methyl sites for hydroxylation is 1. The average molecular weight is 482 g/mol. The molecule has 4 rings (SSSR count). The van der Waals surface area contributed by atoms with Crippen LogP contribution < -0.4 is 11.0 Å². The number of carbonyl (C=O) groups excluding carboxylic acids is 1. The van der Waals surface area contributed by atoms with Gasteiger partial charge in [0, 0.05) is 18.8 Å². The normalized spacial score (nSPS) is 11.9. The molecule has 2 aromatic carbocycles. The molecule has 0 aliphatic carbocycles. The van der Waals surface area contributed by atoms with Crippen LogP contribution in [0.3, 0.4) is 0 Å². The lowest BCUT2D eigenvalue weighted by atomic mass is 10.1. The molecule has 35 heavy (non-hydrogen) atoms. The number of hydrogen-bond donors (Lipinski definition) is 1. The molecule has 8 nitrogen and oxygen atoms in total. The number of nitrogens with zero attached hydrogens (tertiary/aromatic N) is 5. The molecule has 0 saturated heterocycles. The minimum absolute atomic E-state index is 0.428. The van der Waals surface area contributed by atoms with E-state index in [1.807, 2.05) is 12.1 Å². The van der Waals surface area contributed by atoms with Crippen molar-refractivity contribution >= 4 is 29.0 Å². The molecular weight excluding hydrogens is 461 g/mol. The van der Waals surface area contributed by atoms with E-state index < -0.39 is 30.9 Å². The molecule has 0 atom stereocenters. The molecule has 11 heteroatoms. The number of para-hydroxylation sites is 2. The Morgan fingerprint density at radius 3 is 2.49 bits per heavy atom. The number of amides is 1. The van der Waals surface area contributed by atoms with Crippen LogP contribution in [0.2, 0.25) is 0 Å². The lowest BCUT2D eigenvalue weighted by molar-refractivity contribution is -0.138. The van der Waals surface area contributed by atoms with Gasteiger partial charge in [-0.1, -0.05) is 36.9 Å². The highest BCUT2D eigenvalue weighted by Gasteiger charge is 2.28. The van der Waals surface area contributed by atoms with Gasteiger partial charge in [0.05, 0.1) is 22.9 Å². The van der Waals surface area contributed by atoms with Crippen molar-refractivity contribution in [2.24, 2.45) is 12.0 Å². The topological polar surface area (TPSA) is 86.2 Å². The first-order valence-electron chi connectivity index (χ1n) is 10.5. The van der Waals surface area contributed by atoms with Gasteiger partial charge in [-0.15, -0.1) is 0 Å². The van der Waals surface area contributed by atoms with Gasteiger partial charge in [-0.3, -0.25) is 18.6 Å². The Kier molecular flexibility index (Phi) is 6.41. The number of nitrogens with one attached hydrogen (secondary N) is 1. The summed E-state index contributed by atoms with van der Waals surface area (Å²) in [6, 6.07) is 13.9. The Morgan fingerprint density at radius 1 is 1.14 bits per heavy atom. The van der Waals surface area contributed by atoms with Gasteiger partial charge in [-0.2, -0.15) is 18.3 Å². The highest BCUT2D eigenvalue weighted by molar-refractivity contribution is 5.83. The summed E-state index contributed by atoms with van der Waals surface area (Å²) >= 11 is 0. The van der Waals surface area contributed by atoms with Gasteiger partial charge in [-0.25, -0.2) is 9.79 Å². The number of carbonyl (C=O) groups is 1. The molecule has 2 heterocycles. The summed E-state index contributed by atoms with van der Waals surface area (Å²) in [4.78, 5) is 29.7. The van der Waals surface area contributed by atoms with Crippen molar-refractivity contribution in [2.45, 2.75) is 12.7 Å². The zero-order chi connectivity index (χ0) is 25.2. The van der Waals surface area contributed by atoms with Crippen LogP contribution in [0.1, 0.15) is 0 Å². The Balaban J connectivity index is 1.70. The van der Waals surface area contributed by atoms with E-state index in [1.165, 1.54) is 4.57 Å². The third-order valence-corrected chi connectivity index (χ3v) is 5.27. The summed E-state index contributed by atoms with van der Waals surface area (Å²) in [5.41, 5.74) is 2.54. The number of rotatable bonds is 7. The van der Waals surface area contributed by atoms with E-state index in [1.54, 1.807) is 71.9 Å². The number of allylic oxidation sites excluding steroid dienone is 1. The monoisotopic (exact) mass is 482 g/mol. The van der Waals surface area contributed by atoms with Crippen LogP contribution in [0.5, 0.6) is 0 Å². The predicted molar refractivity (Wildman–Crippen MR) is 127 cm³/mol. The zero-order valence-corrected chi connectivity index (χ0v) is 18.7. The van der Waals surface area contributed by atoms with Crippen molar-refractivity contribution < 1.29 is 18.0 Å². The van der Waals surface area contributed by atoms with Crippen LogP contribution in [0.25, 0.3) is 27.8 Å². The van der Waals surface area contributed by atoms with Crippen LogP contribution in [-0.4, -0.2) is 43.8 Å². The maximum absolute atomic E-state index is 13.2. The molecule has 0 saturated carbocycles. The van der Waals surface area contributed by atoms with Crippen molar-refractivity contribution in [3.63, 3.8) is 0 Å². The quantitative estimate of drug-likeness (QED) is 0.407. The Labute approximate surface area is 197 Å². The number of benzene rings is 2. The number of imidazole rings is 1. The Morgan fingerprint density at radius 2 is 1.83 bits per heavy atom. The Hall–Kier alpha value is -4.41. The Bertz CT molecular complexity index is 1480. The van der Waals surface area contributed by atoms with E-state index in [4.69, 9.17) is 0 Å². The molecule has 1 N–H and O–H groups in total. The lowest BCUT2D eigenvalue weighted by Gasteiger charge is -2.08. The standard InChI is InChI=1S/C24H21F3N6O2/c1-3-12-28-22-18(13-30-31(22)2)16-8-10-17(11-9-16)33-20-7-5-4-6-19(20)32(23(33)35)14-21(34)29-15-24(25,26)27/h3-13H,1,14-15H2,2H3,(H,29,34)/b28-12-. The minimum atomic E-state index is -4.54. The van der Waals surface area contributed by atoms with Gasteiger partial charge < -0.3 is 5.32 Å². The van der Waals surface area contributed by atoms with Crippen molar-refractivity contribution in [1.29, 1.82) is 0 Å². The van der Waals surface area contributed by atoms with Crippen molar-refractivity contribution in [1.82, 2.24) is 24.2 Å². The third-order valence-electron chi connectivity index (χ3n) is 5.27. The van der Waals surface area contributed by atoms with E-state index in [2.05, 4.69) is 16.7 Å². The fourth-order valence-corrected chi connectivity index (χ4v) is 3.71. The van der Waals surface area contributed by atoms with Gasteiger partial charge in [0.15, 0.2) is 5.82 Å². The summed E-state index contributed by atoms with van der Waals surface area (Å²) in [6.07, 6.45) is 0.267. The van der Waals surface area contributed by atoms with Crippen molar-refractivity contribution in [3.05, 3.63) is 77.9 Å². The SMILES string of the molecule is C=C/C=N\c1c(-c2ccc(-n3c(=O)n(CC(=O)NCC(F)(F)F)c4ccccc43)cc2)cnn1C. The van der Waals surface area contributed by atoms with Gasteiger partial charge in [0.25, 0.3) is 0 Å². The molecule has 4 aromatic rings. The second-order valence-corrected chi connectivity index (χ2v) is 7.65. The average Bonchev–Trinajstić information content (AvgIpc) is 3.33. The van der Waals surface area contributed by atoms with Gasteiger partial charge in [-0.05, 0) is 29.8 Å². The third kappa shape index (κ3) is 4.93. The van der Waals surface area contributed by atoms with Gasteiger partial charge in [0.1, 0.15) is 13.1 Å². The summed E-state index contributed by atoms with van der Waals surface area (Å²) in [7, 11) is 1.77. The van der Waals surface area contributed by atoms with Crippen LogP contribution >= 0.6 is 0 Å². The maximum atomic E-state index is 13.2. The first kappa shape index (κ1) is 23.7. The lowest BCUT2D eigenvalue weighted by Crippen LogP contribution is -2.37. The molecule has 180 valence electrons. The van der Waals surface area contributed by atoms with Crippen molar-refractivity contribution in [2.75, 3.05) is 6.54 Å².